The molecule has 0 unspecified atom stereocenters. The third kappa shape index (κ3) is 6.97. The second kappa shape index (κ2) is 10.7. The van der Waals surface area contributed by atoms with E-state index in [4.69, 9.17) is 4.74 Å². The Morgan fingerprint density at radius 3 is 2.59 bits per heavy atom. The maximum Gasteiger partial charge on any atom is 0.416 e. The zero-order valence-corrected chi connectivity index (χ0v) is 21.0. The number of hydrogen-bond acceptors (Lipinski definition) is 4. The molecule has 1 aromatic carbocycles. The van der Waals surface area contributed by atoms with Gasteiger partial charge in [0.25, 0.3) is 0 Å². The van der Waals surface area contributed by atoms with Crippen molar-refractivity contribution >= 4 is 29.9 Å². The Balaban J connectivity index is 0.00000363. The predicted molar refractivity (Wildman–Crippen MR) is 127 cm³/mol. The monoisotopic (exact) mass is 566 g/mol. The van der Waals surface area contributed by atoms with Crippen LogP contribution in [0.1, 0.15) is 56.9 Å². The quantitative estimate of drug-likeness (QED) is 0.310. The normalized spacial score (nSPS) is 14.0. The topological polar surface area (TPSA) is 76.4 Å². The van der Waals surface area contributed by atoms with Crippen LogP contribution >= 0.6 is 24.0 Å². The van der Waals surface area contributed by atoms with E-state index in [2.05, 4.69) is 30.4 Å². The van der Waals surface area contributed by atoms with Gasteiger partial charge in [0.2, 0.25) is 0 Å². The molecule has 1 aliphatic heterocycles. The number of halogens is 4. The van der Waals surface area contributed by atoms with E-state index in [1.165, 1.54) is 6.07 Å². The number of nitrogens with one attached hydrogen (secondary N) is 2. The van der Waals surface area contributed by atoms with Crippen molar-refractivity contribution in [3.8, 4) is 5.75 Å². The first-order valence-corrected chi connectivity index (χ1v) is 10.4. The summed E-state index contributed by atoms with van der Waals surface area (Å²) in [4.78, 5) is 4.35. The second-order valence-electron chi connectivity index (χ2n) is 8.37. The van der Waals surface area contributed by atoms with Gasteiger partial charge in [0.1, 0.15) is 17.2 Å². The average molecular weight is 566 g/mol. The molecular weight excluding hydrogens is 536 g/mol. The summed E-state index contributed by atoms with van der Waals surface area (Å²) in [5.74, 6) is 2.35. The summed E-state index contributed by atoms with van der Waals surface area (Å²) in [6, 6.07) is 4.00. The molecule has 32 heavy (non-hydrogen) atoms. The summed E-state index contributed by atoms with van der Waals surface area (Å²) < 4.78 is 48.6. The van der Waals surface area contributed by atoms with Crippen LogP contribution in [-0.2, 0) is 32.2 Å². The Bertz CT molecular complexity index is 937. The van der Waals surface area contributed by atoms with Gasteiger partial charge in [0.05, 0.1) is 18.7 Å². The molecule has 1 aromatic heterocycles. The number of benzene rings is 1. The first kappa shape index (κ1) is 26.2. The van der Waals surface area contributed by atoms with Gasteiger partial charge in [-0.05, 0) is 51.8 Å². The molecule has 1 aliphatic rings. The van der Waals surface area contributed by atoms with Crippen LogP contribution in [-0.4, -0.2) is 32.9 Å². The number of rotatable bonds is 6. The maximum absolute atomic E-state index is 13.6. The SMILES string of the molecule is CCNC(=NCc1ccc(OC(C)(C)C)cc1C(F)(F)F)NCc1nnc2n1CCC2.I. The van der Waals surface area contributed by atoms with Gasteiger partial charge in [-0.3, -0.25) is 0 Å². The standard InChI is InChI=1S/C21H29F3N6O.HI/c1-5-25-19(27-13-18-29-28-17-7-6-10-30(17)18)26-12-14-8-9-15(31-20(2,3)4)11-16(14)21(22,23)24;/h8-9,11H,5-7,10,12-13H2,1-4H3,(H2,25,26,27);1H. The van der Waals surface area contributed by atoms with Crippen molar-refractivity contribution in [1.82, 2.24) is 25.4 Å². The number of guanidine groups is 1. The maximum atomic E-state index is 13.6. The zero-order chi connectivity index (χ0) is 22.6. The van der Waals surface area contributed by atoms with Gasteiger partial charge in [-0.1, -0.05) is 6.07 Å². The van der Waals surface area contributed by atoms with Gasteiger partial charge >= 0.3 is 6.18 Å². The molecule has 7 nitrogen and oxygen atoms in total. The van der Waals surface area contributed by atoms with Gasteiger partial charge in [-0.25, -0.2) is 4.99 Å². The van der Waals surface area contributed by atoms with E-state index >= 15 is 0 Å². The van der Waals surface area contributed by atoms with Crippen LogP contribution < -0.4 is 15.4 Å². The minimum absolute atomic E-state index is 0. The molecule has 0 atom stereocenters. The number of nitrogens with zero attached hydrogens (tertiary/aromatic N) is 4. The minimum Gasteiger partial charge on any atom is -0.488 e. The number of ether oxygens (including phenoxy) is 1. The lowest BCUT2D eigenvalue weighted by molar-refractivity contribution is -0.138. The van der Waals surface area contributed by atoms with Crippen molar-refractivity contribution < 1.29 is 17.9 Å². The lowest BCUT2D eigenvalue weighted by Crippen LogP contribution is -2.37. The summed E-state index contributed by atoms with van der Waals surface area (Å²) in [6.45, 7) is 8.99. The van der Waals surface area contributed by atoms with Gasteiger partial charge in [-0.15, -0.1) is 34.2 Å². The molecule has 11 heteroatoms. The number of hydrogen-bond donors (Lipinski definition) is 2. The Labute approximate surface area is 203 Å². The molecule has 2 aromatic rings. The Morgan fingerprint density at radius 2 is 1.94 bits per heavy atom. The Kier molecular flexibility index (Phi) is 8.77. The highest BCUT2D eigenvalue weighted by Gasteiger charge is 2.34. The predicted octanol–water partition coefficient (Wildman–Crippen LogP) is 4.29. The van der Waals surface area contributed by atoms with Crippen LogP contribution in [0, 0.1) is 0 Å². The zero-order valence-electron chi connectivity index (χ0n) is 18.7. The molecule has 0 radical (unpaired) electrons. The van der Waals surface area contributed by atoms with Crippen molar-refractivity contribution in [3.05, 3.63) is 41.0 Å². The van der Waals surface area contributed by atoms with E-state index in [1.807, 2.05) is 6.92 Å². The highest BCUT2D eigenvalue weighted by atomic mass is 127. The Hall–Kier alpha value is -2.05. The van der Waals surface area contributed by atoms with Gasteiger partial charge < -0.3 is 19.9 Å². The lowest BCUT2D eigenvalue weighted by atomic mass is 10.1. The fraction of sp³-hybridized carbons (Fsp3) is 0.571. The van der Waals surface area contributed by atoms with Crippen molar-refractivity contribution in [2.45, 2.75) is 71.9 Å². The van der Waals surface area contributed by atoms with Crippen molar-refractivity contribution in [2.75, 3.05) is 6.54 Å². The van der Waals surface area contributed by atoms with Crippen LogP contribution in [0.4, 0.5) is 13.2 Å². The van der Waals surface area contributed by atoms with E-state index in [1.54, 1.807) is 26.8 Å². The molecule has 0 fully saturated rings. The molecule has 0 saturated heterocycles. The van der Waals surface area contributed by atoms with E-state index in [-0.39, 0.29) is 41.8 Å². The summed E-state index contributed by atoms with van der Waals surface area (Å²) in [7, 11) is 0. The van der Waals surface area contributed by atoms with Crippen LogP contribution in [0.3, 0.4) is 0 Å². The third-order valence-corrected chi connectivity index (χ3v) is 4.66. The molecular formula is C21H30F3IN6O. The highest BCUT2D eigenvalue weighted by Crippen LogP contribution is 2.35. The number of aromatic nitrogens is 3. The van der Waals surface area contributed by atoms with Crippen molar-refractivity contribution in [1.29, 1.82) is 0 Å². The molecule has 2 N–H and O–H groups in total. The summed E-state index contributed by atoms with van der Waals surface area (Å²) in [5.41, 5.74) is -1.26. The number of fused-ring (bicyclic) bond motifs is 1. The first-order chi connectivity index (χ1) is 14.6. The molecule has 2 heterocycles. The summed E-state index contributed by atoms with van der Waals surface area (Å²) >= 11 is 0. The van der Waals surface area contributed by atoms with Gasteiger partial charge in [0.15, 0.2) is 11.8 Å². The fourth-order valence-electron chi connectivity index (χ4n) is 3.38. The summed E-state index contributed by atoms with van der Waals surface area (Å²) in [5, 5.41) is 14.5. The van der Waals surface area contributed by atoms with Gasteiger partial charge in [0, 0.05) is 19.5 Å². The number of aliphatic imine (C=N–C) groups is 1. The third-order valence-electron chi connectivity index (χ3n) is 4.66. The van der Waals surface area contributed by atoms with Crippen molar-refractivity contribution in [2.24, 2.45) is 4.99 Å². The molecule has 0 spiro atoms. The fourth-order valence-corrected chi connectivity index (χ4v) is 3.38. The number of alkyl halides is 3. The molecule has 0 aliphatic carbocycles. The second-order valence-corrected chi connectivity index (χ2v) is 8.37. The highest BCUT2D eigenvalue weighted by molar-refractivity contribution is 14.0. The summed E-state index contributed by atoms with van der Waals surface area (Å²) in [6.07, 6.45) is -2.55. The van der Waals surface area contributed by atoms with E-state index in [0.717, 1.165) is 37.1 Å². The first-order valence-electron chi connectivity index (χ1n) is 10.4. The smallest absolute Gasteiger partial charge is 0.416 e. The Morgan fingerprint density at radius 1 is 1.19 bits per heavy atom. The van der Waals surface area contributed by atoms with Gasteiger partial charge in [-0.2, -0.15) is 13.2 Å². The molecule has 178 valence electrons. The minimum atomic E-state index is -4.50. The van der Waals surface area contributed by atoms with E-state index in [0.29, 0.717) is 19.0 Å². The average Bonchev–Trinajstić information content (AvgIpc) is 3.27. The van der Waals surface area contributed by atoms with Crippen LogP contribution in [0.25, 0.3) is 0 Å². The molecule has 0 amide bonds. The lowest BCUT2D eigenvalue weighted by Gasteiger charge is -2.22. The number of aryl methyl sites for hydroxylation is 1. The van der Waals surface area contributed by atoms with Crippen LogP contribution in [0.2, 0.25) is 0 Å². The largest absolute Gasteiger partial charge is 0.488 e. The van der Waals surface area contributed by atoms with E-state index < -0.39 is 17.3 Å². The van der Waals surface area contributed by atoms with Crippen LogP contribution in [0.5, 0.6) is 5.75 Å². The molecule has 0 saturated carbocycles. The van der Waals surface area contributed by atoms with Crippen molar-refractivity contribution in [3.63, 3.8) is 0 Å². The molecule has 3 rings (SSSR count). The molecule has 0 bridgehead atoms. The van der Waals surface area contributed by atoms with E-state index in [9.17, 15) is 13.2 Å². The van der Waals surface area contributed by atoms with Crippen LogP contribution in [0.15, 0.2) is 23.2 Å².